The standard InChI is InChI=1S/C15H30N2O/c1-14(2,3)10-16-8-13-7-12(16)9-17(13)11-18-15(4,5)6/h12-13H,7-11H2,1-6H3/t12-,13-/m0/s1. The lowest BCUT2D eigenvalue weighted by Crippen LogP contribution is -2.49. The summed E-state index contributed by atoms with van der Waals surface area (Å²) in [6.45, 7) is 17.8. The van der Waals surface area contributed by atoms with Crippen molar-refractivity contribution < 1.29 is 4.74 Å². The molecule has 106 valence electrons. The summed E-state index contributed by atoms with van der Waals surface area (Å²) in [4.78, 5) is 5.20. The van der Waals surface area contributed by atoms with Crippen molar-refractivity contribution in [2.75, 3.05) is 26.4 Å². The van der Waals surface area contributed by atoms with Crippen molar-refractivity contribution in [3.8, 4) is 0 Å². The predicted molar refractivity (Wildman–Crippen MR) is 75.6 cm³/mol. The lowest BCUT2D eigenvalue weighted by atomic mass is 9.95. The van der Waals surface area contributed by atoms with Gasteiger partial charge in [-0.2, -0.15) is 0 Å². The smallest absolute Gasteiger partial charge is 0.100 e. The van der Waals surface area contributed by atoms with E-state index in [1.54, 1.807) is 0 Å². The molecule has 0 radical (unpaired) electrons. The van der Waals surface area contributed by atoms with Crippen molar-refractivity contribution in [1.29, 1.82) is 0 Å². The minimum atomic E-state index is -0.0209. The summed E-state index contributed by atoms with van der Waals surface area (Å²) in [6, 6.07) is 1.48. The summed E-state index contributed by atoms with van der Waals surface area (Å²) in [5.41, 5.74) is 0.393. The van der Waals surface area contributed by atoms with E-state index in [-0.39, 0.29) is 5.60 Å². The van der Waals surface area contributed by atoms with Crippen LogP contribution in [0.4, 0.5) is 0 Å². The first kappa shape index (κ1) is 14.3. The Hall–Kier alpha value is -0.120. The molecule has 2 fully saturated rings. The maximum atomic E-state index is 5.91. The lowest BCUT2D eigenvalue weighted by molar-refractivity contribution is -0.0778. The average Bonchev–Trinajstić information content (AvgIpc) is 2.69. The van der Waals surface area contributed by atoms with Crippen LogP contribution in [-0.4, -0.2) is 53.8 Å². The Labute approximate surface area is 112 Å². The molecule has 2 aliphatic heterocycles. The molecule has 0 unspecified atom stereocenters. The van der Waals surface area contributed by atoms with E-state index in [4.69, 9.17) is 4.74 Å². The number of hydrogen-bond acceptors (Lipinski definition) is 3. The fourth-order valence-corrected chi connectivity index (χ4v) is 3.07. The van der Waals surface area contributed by atoms with Crippen molar-refractivity contribution in [3.05, 3.63) is 0 Å². The normalized spacial score (nSPS) is 30.3. The van der Waals surface area contributed by atoms with Gasteiger partial charge in [-0.1, -0.05) is 20.8 Å². The van der Waals surface area contributed by atoms with Crippen LogP contribution in [-0.2, 0) is 4.74 Å². The van der Waals surface area contributed by atoms with E-state index in [1.807, 2.05) is 0 Å². The summed E-state index contributed by atoms with van der Waals surface area (Å²) in [6.07, 6.45) is 1.34. The average molecular weight is 254 g/mol. The Morgan fingerprint density at radius 3 is 1.94 bits per heavy atom. The number of rotatable bonds is 3. The molecule has 3 heteroatoms. The number of hydrogen-bond donors (Lipinski definition) is 0. The first-order valence-corrected chi connectivity index (χ1v) is 7.26. The second-order valence-electron chi connectivity index (χ2n) is 8.19. The third-order valence-corrected chi connectivity index (χ3v) is 3.81. The third-order valence-electron chi connectivity index (χ3n) is 3.81. The van der Waals surface area contributed by atoms with Gasteiger partial charge in [0.1, 0.15) is 6.73 Å². The highest BCUT2D eigenvalue weighted by Crippen LogP contribution is 2.33. The van der Waals surface area contributed by atoms with Crippen LogP contribution >= 0.6 is 0 Å². The van der Waals surface area contributed by atoms with Gasteiger partial charge in [0.25, 0.3) is 0 Å². The van der Waals surface area contributed by atoms with Gasteiger partial charge in [-0.15, -0.1) is 0 Å². The lowest BCUT2D eigenvalue weighted by Gasteiger charge is -2.38. The molecule has 3 nitrogen and oxygen atoms in total. The molecule has 0 saturated carbocycles. The molecule has 2 rings (SSSR count). The van der Waals surface area contributed by atoms with Crippen LogP contribution in [0, 0.1) is 5.41 Å². The van der Waals surface area contributed by atoms with E-state index in [9.17, 15) is 0 Å². The first-order chi connectivity index (χ1) is 8.14. The molecule has 2 saturated heterocycles. The number of ether oxygens (including phenoxy) is 1. The molecule has 18 heavy (non-hydrogen) atoms. The number of piperazine rings is 1. The van der Waals surface area contributed by atoms with Crippen molar-refractivity contribution in [2.45, 2.75) is 65.6 Å². The van der Waals surface area contributed by atoms with Crippen LogP contribution in [0.5, 0.6) is 0 Å². The Morgan fingerprint density at radius 1 is 0.944 bits per heavy atom. The molecule has 2 heterocycles. The van der Waals surface area contributed by atoms with Gasteiger partial charge in [0.15, 0.2) is 0 Å². The second kappa shape index (κ2) is 4.77. The van der Waals surface area contributed by atoms with Crippen molar-refractivity contribution in [1.82, 2.24) is 9.80 Å². The van der Waals surface area contributed by atoms with Crippen LogP contribution in [0.15, 0.2) is 0 Å². The monoisotopic (exact) mass is 254 g/mol. The van der Waals surface area contributed by atoms with Crippen LogP contribution in [0.25, 0.3) is 0 Å². The summed E-state index contributed by atoms with van der Waals surface area (Å²) >= 11 is 0. The minimum Gasteiger partial charge on any atom is -0.360 e. The molecular formula is C15H30N2O. The largest absolute Gasteiger partial charge is 0.360 e. The highest BCUT2D eigenvalue weighted by molar-refractivity contribution is 4.99. The molecule has 2 atom stereocenters. The first-order valence-electron chi connectivity index (χ1n) is 7.26. The fraction of sp³-hybridized carbons (Fsp3) is 1.00. The highest BCUT2D eigenvalue weighted by Gasteiger charge is 2.44. The van der Waals surface area contributed by atoms with E-state index < -0.39 is 0 Å². The van der Waals surface area contributed by atoms with Crippen LogP contribution < -0.4 is 0 Å². The molecule has 0 aromatic carbocycles. The zero-order valence-electron chi connectivity index (χ0n) is 13.0. The maximum absolute atomic E-state index is 5.91. The van der Waals surface area contributed by atoms with Gasteiger partial charge in [0.05, 0.1) is 5.60 Å². The van der Waals surface area contributed by atoms with E-state index in [2.05, 4.69) is 51.3 Å². The Morgan fingerprint density at radius 2 is 1.50 bits per heavy atom. The van der Waals surface area contributed by atoms with Gasteiger partial charge in [-0.05, 0) is 32.6 Å². The molecule has 0 aliphatic carbocycles. The molecule has 0 aromatic rings. The summed E-state index contributed by atoms with van der Waals surface area (Å²) in [5.74, 6) is 0. The molecule has 0 aromatic heterocycles. The van der Waals surface area contributed by atoms with E-state index in [1.165, 1.54) is 26.1 Å². The van der Waals surface area contributed by atoms with E-state index >= 15 is 0 Å². The number of nitrogens with zero attached hydrogens (tertiary/aromatic N) is 2. The van der Waals surface area contributed by atoms with E-state index in [0.29, 0.717) is 5.41 Å². The van der Waals surface area contributed by atoms with E-state index in [0.717, 1.165) is 18.8 Å². The van der Waals surface area contributed by atoms with Gasteiger partial charge in [-0.25, -0.2) is 0 Å². The molecule has 2 bridgehead atoms. The fourth-order valence-electron chi connectivity index (χ4n) is 3.07. The summed E-state index contributed by atoms with van der Waals surface area (Å²) in [7, 11) is 0. The summed E-state index contributed by atoms with van der Waals surface area (Å²) in [5, 5.41) is 0. The zero-order chi connectivity index (χ0) is 13.6. The minimum absolute atomic E-state index is 0.0209. The SMILES string of the molecule is CC(C)(C)CN1C[C@@H]2C[C@H]1CN2COC(C)(C)C. The Kier molecular flexibility index (Phi) is 3.79. The van der Waals surface area contributed by atoms with Crippen molar-refractivity contribution in [3.63, 3.8) is 0 Å². The maximum Gasteiger partial charge on any atom is 0.100 e. The van der Waals surface area contributed by atoms with Crippen molar-refractivity contribution in [2.24, 2.45) is 5.41 Å². The van der Waals surface area contributed by atoms with Gasteiger partial charge < -0.3 is 4.74 Å². The van der Waals surface area contributed by atoms with Crippen molar-refractivity contribution >= 4 is 0 Å². The molecule has 0 N–H and O–H groups in total. The van der Waals surface area contributed by atoms with Gasteiger partial charge >= 0.3 is 0 Å². The van der Waals surface area contributed by atoms with Crippen LogP contribution in [0.1, 0.15) is 48.0 Å². The molecule has 0 spiro atoms. The molecule has 0 amide bonds. The summed E-state index contributed by atoms with van der Waals surface area (Å²) < 4.78 is 5.91. The third kappa shape index (κ3) is 3.69. The predicted octanol–water partition coefficient (Wildman–Crippen LogP) is 2.56. The zero-order valence-corrected chi connectivity index (χ0v) is 13.0. The highest BCUT2D eigenvalue weighted by atomic mass is 16.5. The Balaban J connectivity index is 1.80. The van der Waals surface area contributed by atoms with Gasteiger partial charge in [-0.3, -0.25) is 9.80 Å². The van der Waals surface area contributed by atoms with Gasteiger partial charge in [0.2, 0.25) is 0 Å². The Bertz CT molecular complexity index is 290. The van der Waals surface area contributed by atoms with Crippen LogP contribution in [0.3, 0.4) is 0 Å². The number of fused-ring (bicyclic) bond motifs is 2. The second-order valence-corrected chi connectivity index (χ2v) is 8.19. The van der Waals surface area contributed by atoms with Gasteiger partial charge in [0, 0.05) is 31.7 Å². The molecular weight excluding hydrogens is 224 g/mol. The molecule has 2 aliphatic rings. The quantitative estimate of drug-likeness (QED) is 0.770. The topological polar surface area (TPSA) is 15.7 Å². The van der Waals surface area contributed by atoms with Crippen LogP contribution in [0.2, 0.25) is 0 Å². The number of likely N-dealkylation sites (tertiary alicyclic amines) is 2.